The predicted octanol–water partition coefficient (Wildman–Crippen LogP) is 3.98. The largest absolute Gasteiger partial charge is 0.362 e. The van der Waals surface area contributed by atoms with Crippen LogP contribution >= 0.6 is 11.3 Å². The lowest BCUT2D eigenvalue weighted by Gasteiger charge is -2.30. The van der Waals surface area contributed by atoms with E-state index in [0.29, 0.717) is 12.0 Å². The molecule has 0 saturated heterocycles. The lowest BCUT2D eigenvalue weighted by molar-refractivity contribution is 0.576. The molecule has 3 heterocycles. The first-order chi connectivity index (χ1) is 10.7. The number of fused-ring (bicyclic) bond motifs is 1. The van der Waals surface area contributed by atoms with Gasteiger partial charge in [-0.2, -0.15) is 0 Å². The van der Waals surface area contributed by atoms with Gasteiger partial charge in [-0.1, -0.05) is 19.9 Å². The molecule has 1 atom stereocenters. The number of hydrogen-bond acceptors (Lipinski definition) is 4. The minimum absolute atomic E-state index is 0.456. The quantitative estimate of drug-likeness (QED) is 0.874. The molecule has 0 saturated carbocycles. The zero-order valence-electron chi connectivity index (χ0n) is 13.7. The molecule has 0 radical (unpaired) electrons. The second kappa shape index (κ2) is 6.80. The van der Waals surface area contributed by atoms with Crippen molar-refractivity contribution in [3.05, 3.63) is 45.9 Å². The minimum atomic E-state index is 0.456. The standard InChI is InChI=1S/C18H25N3S/c1-13(2)14-11-17-15(20-12-14)7-9-21(17)16(6-8-19-3)18-5-4-10-22-18/h4-5,10-13,16,19H,6-9H2,1-3H3/t16-/m1/s1. The maximum absolute atomic E-state index is 4.72. The van der Waals surface area contributed by atoms with Crippen LogP contribution in [0.5, 0.6) is 0 Å². The van der Waals surface area contributed by atoms with Gasteiger partial charge in [-0.25, -0.2) is 0 Å². The van der Waals surface area contributed by atoms with Crippen LogP contribution in [-0.4, -0.2) is 25.1 Å². The molecule has 1 N–H and O–H groups in total. The summed E-state index contributed by atoms with van der Waals surface area (Å²) >= 11 is 1.86. The summed E-state index contributed by atoms with van der Waals surface area (Å²) in [5.74, 6) is 0.526. The SMILES string of the molecule is CNCC[C@H](c1cccs1)N1CCc2ncc(C(C)C)cc21. The molecule has 0 aromatic carbocycles. The van der Waals surface area contributed by atoms with Gasteiger partial charge in [0.05, 0.1) is 17.4 Å². The van der Waals surface area contributed by atoms with Gasteiger partial charge in [0.2, 0.25) is 0 Å². The monoisotopic (exact) mass is 315 g/mol. The number of hydrogen-bond donors (Lipinski definition) is 1. The third kappa shape index (κ3) is 3.03. The van der Waals surface area contributed by atoms with Gasteiger partial charge in [-0.05, 0) is 49.0 Å². The molecule has 0 spiro atoms. The van der Waals surface area contributed by atoms with E-state index in [9.17, 15) is 0 Å². The zero-order chi connectivity index (χ0) is 15.5. The van der Waals surface area contributed by atoms with Crippen molar-refractivity contribution in [1.82, 2.24) is 10.3 Å². The van der Waals surface area contributed by atoms with Crippen LogP contribution in [0, 0.1) is 0 Å². The van der Waals surface area contributed by atoms with Crippen molar-refractivity contribution in [2.24, 2.45) is 0 Å². The predicted molar refractivity (Wildman–Crippen MR) is 95.0 cm³/mol. The highest BCUT2D eigenvalue weighted by molar-refractivity contribution is 7.10. The van der Waals surface area contributed by atoms with Crippen molar-refractivity contribution < 1.29 is 0 Å². The molecule has 3 nitrogen and oxygen atoms in total. The fourth-order valence-electron chi connectivity index (χ4n) is 3.14. The molecule has 0 aliphatic carbocycles. The van der Waals surface area contributed by atoms with Crippen molar-refractivity contribution in [2.45, 2.75) is 38.6 Å². The van der Waals surface area contributed by atoms with Gasteiger partial charge in [-0.3, -0.25) is 4.98 Å². The molecule has 22 heavy (non-hydrogen) atoms. The Morgan fingerprint density at radius 2 is 2.27 bits per heavy atom. The van der Waals surface area contributed by atoms with Gasteiger partial charge in [0.1, 0.15) is 0 Å². The maximum Gasteiger partial charge on any atom is 0.0654 e. The van der Waals surface area contributed by atoms with E-state index < -0.39 is 0 Å². The van der Waals surface area contributed by atoms with E-state index in [1.807, 2.05) is 18.4 Å². The number of nitrogens with zero attached hydrogens (tertiary/aromatic N) is 2. The number of aromatic nitrogens is 1. The summed E-state index contributed by atoms with van der Waals surface area (Å²) < 4.78 is 0. The molecule has 1 aliphatic rings. The van der Waals surface area contributed by atoms with Crippen LogP contribution in [0.15, 0.2) is 29.8 Å². The molecule has 2 aromatic rings. The van der Waals surface area contributed by atoms with Crippen LogP contribution in [0.2, 0.25) is 0 Å². The van der Waals surface area contributed by atoms with Crippen molar-refractivity contribution in [1.29, 1.82) is 0 Å². The molecule has 118 valence electrons. The average Bonchev–Trinajstić information content (AvgIpc) is 3.17. The summed E-state index contributed by atoms with van der Waals surface area (Å²) in [7, 11) is 2.03. The van der Waals surface area contributed by atoms with Gasteiger partial charge in [-0.15, -0.1) is 11.3 Å². The molecule has 3 rings (SSSR count). The number of pyridine rings is 1. The normalized spacial score (nSPS) is 15.4. The Kier molecular flexibility index (Phi) is 4.79. The molecule has 0 amide bonds. The van der Waals surface area contributed by atoms with Crippen LogP contribution in [0.4, 0.5) is 5.69 Å². The van der Waals surface area contributed by atoms with Crippen molar-refractivity contribution in [3.63, 3.8) is 0 Å². The summed E-state index contributed by atoms with van der Waals surface area (Å²) in [6.45, 7) is 6.59. The van der Waals surface area contributed by atoms with Crippen LogP contribution in [0.25, 0.3) is 0 Å². The molecular weight excluding hydrogens is 290 g/mol. The molecule has 2 aromatic heterocycles. The Morgan fingerprint density at radius 3 is 2.95 bits per heavy atom. The maximum atomic E-state index is 4.72. The van der Waals surface area contributed by atoms with Gasteiger partial charge < -0.3 is 10.2 Å². The van der Waals surface area contributed by atoms with Crippen LogP contribution in [-0.2, 0) is 6.42 Å². The fraction of sp³-hybridized carbons (Fsp3) is 0.500. The van der Waals surface area contributed by atoms with Crippen LogP contribution < -0.4 is 10.2 Å². The van der Waals surface area contributed by atoms with Crippen LogP contribution in [0.3, 0.4) is 0 Å². The first kappa shape index (κ1) is 15.5. The number of rotatable bonds is 6. The summed E-state index contributed by atoms with van der Waals surface area (Å²) in [6.07, 6.45) is 4.25. The van der Waals surface area contributed by atoms with E-state index in [-0.39, 0.29) is 0 Å². The highest BCUT2D eigenvalue weighted by Gasteiger charge is 2.28. The molecule has 0 bridgehead atoms. The van der Waals surface area contributed by atoms with E-state index in [2.05, 4.69) is 53.8 Å². The Balaban J connectivity index is 1.93. The van der Waals surface area contributed by atoms with Crippen LogP contribution in [0.1, 0.15) is 48.4 Å². The van der Waals surface area contributed by atoms with Gasteiger partial charge in [0, 0.05) is 24.0 Å². The van der Waals surface area contributed by atoms with E-state index in [4.69, 9.17) is 4.98 Å². The third-order valence-electron chi connectivity index (χ3n) is 4.45. The second-order valence-electron chi connectivity index (χ2n) is 6.26. The number of anilines is 1. The summed E-state index contributed by atoms with van der Waals surface area (Å²) in [4.78, 5) is 8.74. The molecule has 1 aliphatic heterocycles. The van der Waals surface area contributed by atoms with Crippen molar-refractivity contribution in [3.8, 4) is 0 Å². The number of thiophene rings is 1. The fourth-order valence-corrected chi connectivity index (χ4v) is 4.01. The van der Waals surface area contributed by atoms with E-state index in [0.717, 1.165) is 25.9 Å². The van der Waals surface area contributed by atoms with Gasteiger partial charge >= 0.3 is 0 Å². The molecule has 4 heteroatoms. The summed E-state index contributed by atoms with van der Waals surface area (Å²) in [5, 5.41) is 5.48. The summed E-state index contributed by atoms with van der Waals surface area (Å²) in [6, 6.07) is 7.24. The van der Waals surface area contributed by atoms with E-state index in [1.54, 1.807) is 0 Å². The Labute approximate surface area is 137 Å². The average molecular weight is 315 g/mol. The highest BCUT2D eigenvalue weighted by atomic mass is 32.1. The molecule has 0 unspecified atom stereocenters. The topological polar surface area (TPSA) is 28.2 Å². The summed E-state index contributed by atoms with van der Waals surface area (Å²) in [5.41, 5.74) is 3.94. The third-order valence-corrected chi connectivity index (χ3v) is 5.42. The highest BCUT2D eigenvalue weighted by Crippen LogP contribution is 2.38. The lowest BCUT2D eigenvalue weighted by atomic mass is 10.0. The van der Waals surface area contributed by atoms with Gasteiger partial charge in [0.25, 0.3) is 0 Å². The first-order valence-electron chi connectivity index (χ1n) is 8.14. The van der Waals surface area contributed by atoms with Gasteiger partial charge in [0.15, 0.2) is 0 Å². The minimum Gasteiger partial charge on any atom is -0.362 e. The second-order valence-corrected chi connectivity index (χ2v) is 7.24. The first-order valence-corrected chi connectivity index (χ1v) is 9.02. The van der Waals surface area contributed by atoms with E-state index in [1.165, 1.54) is 21.8 Å². The molecular formula is C18H25N3S. The van der Waals surface area contributed by atoms with Crippen molar-refractivity contribution >= 4 is 17.0 Å². The Bertz CT molecular complexity index is 607. The van der Waals surface area contributed by atoms with E-state index >= 15 is 0 Å². The lowest BCUT2D eigenvalue weighted by Crippen LogP contribution is -2.28. The Hall–Kier alpha value is -1.39. The van der Waals surface area contributed by atoms with Crippen molar-refractivity contribution in [2.75, 3.05) is 25.0 Å². The Morgan fingerprint density at radius 1 is 1.41 bits per heavy atom. The molecule has 0 fully saturated rings. The number of nitrogens with one attached hydrogen (secondary N) is 1. The smallest absolute Gasteiger partial charge is 0.0654 e. The zero-order valence-corrected chi connectivity index (χ0v) is 14.5.